The third kappa shape index (κ3) is 2.38. The molecular weight excluding hydrogens is 198 g/mol. The van der Waals surface area contributed by atoms with Gasteiger partial charge in [0.2, 0.25) is 0 Å². The molecule has 2 aliphatic rings. The van der Waals surface area contributed by atoms with Gasteiger partial charge in [0.05, 0.1) is 6.61 Å². The average molecular weight is 217 g/mol. The van der Waals surface area contributed by atoms with Crippen molar-refractivity contribution in [1.29, 1.82) is 0 Å². The van der Waals surface area contributed by atoms with Crippen LogP contribution in [-0.2, 0) is 6.42 Å². The lowest BCUT2D eigenvalue weighted by Gasteiger charge is -2.14. The van der Waals surface area contributed by atoms with Crippen LogP contribution >= 0.6 is 0 Å². The largest absolute Gasteiger partial charge is 0.493 e. The molecule has 2 nitrogen and oxygen atoms in total. The molecule has 0 radical (unpaired) electrons. The third-order valence-electron chi connectivity index (χ3n) is 3.58. The van der Waals surface area contributed by atoms with Gasteiger partial charge in [-0.2, -0.15) is 0 Å². The van der Waals surface area contributed by atoms with Crippen LogP contribution in [0.2, 0.25) is 0 Å². The fourth-order valence-electron chi connectivity index (χ4n) is 2.00. The molecule has 0 spiro atoms. The molecule has 16 heavy (non-hydrogen) atoms. The van der Waals surface area contributed by atoms with Crippen molar-refractivity contribution < 1.29 is 4.74 Å². The summed E-state index contributed by atoms with van der Waals surface area (Å²) in [6, 6.07) is 8.34. The van der Waals surface area contributed by atoms with E-state index < -0.39 is 0 Å². The zero-order valence-electron chi connectivity index (χ0n) is 9.61. The molecule has 0 bridgehead atoms. The highest BCUT2D eigenvalue weighted by molar-refractivity contribution is 5.35. The lowest BCUT2D eigenvalue weighted by molar-refractivity contribution is 0.296. The first kappa shape index (κ1) is 10.2. The molecule has 0 amide bonds. The Morgan fingerprint density at radius 2 is 2.00 bits per heavy atom. The highest BCUT2D eigenvalue weighted by atomic mass is 16.5. The summed E-state index contributed by atoms with van der Waals surface area (Å²) < 4.78 is 5.88. The van der Waals surface area contributed by atoms with E-state index in [0.717, 1.165) is 37.5 Å². The number of nitrogens with two attached hydrogens (primary N) is 1. The van der Waals surface area contributed by atoms with Crippen molar-refractivity contribution in [3.63, 3.8) is 0 Å². The molecule has 86 valence electrons. The van der Waals surface area contributed by atoms with Crippen molar-refractivity contribution in [2.24, 2.45) is 11.7 Å². The number of rotatable bonds is 5. The normalized spacial score (nSPS) is 21.8. The Labute approximate surface area is 96.8 Å². The van der Waals surface area contributed by atoms with Crippen LogP contribution in [0.15, 0.2) is 24.3 Å². The van der Waals surface area contributed by atoms with Gasteiger partial charge in [0, 0.05) is 5.54 Å². The molecule has 2 heteroatoms. The monoisotopic (exact) mass is 217 g/mol. The van der Waals surface area contributed by atoms with Crippen LogP contribution in [-0.4, -0.2) is 12.1 Å². The van der Waals surface area contributed by atoms with E-state index in [2.05, 4.69) is 18.2 Å². The quantitative estimate of drug-likeness (QED) is 0.822. The molecule has 0 saturated heterocycles. The molecule has 2 saturated carbocycles. The predicted molar refractivity (Wildman–Crippen MR) is 64.5 cm³/mol. The first-order valence-corrected chi connectivity index (χ1v) is 6.25. The van der Waals surface area contributed by atoms with Gasteiger partial charge in [-0.15, -0.1) is 0 Å². The summed E-state index contributed by atoms with van der Waals surface area (Å²) >= 11 is 0. The van der Waals surface area contributed by atoms with Gasteiger partial charge in [-0.3, -0.25) is 0 Å². The van der Waals surface area contributed by atoms with Crippen LogP contribution in [0, 0.1) is 5.92 Å². The molecule has 1 aromatic carbocycles. The summed E-state index contributed by atoms with van der Waals surface area (Å²) in [5.74, 6) is 1.85. The molecule has 0 heterocycles. The van der Waals surface area contributed by atoms with Gasteiger partial charge in [0.1, 0.15) is 5.75 Å². The first-order valence-electron chi connectivity index (χ1n) is 6.25. The molecule has 2 fully saturated rings. The number of hydrogen-bond acceptors (Lipinski definition) is 2. The standard InChI is InChI=1S/C14H19NO/c15-14(7-8-14)9-12-3-1-2-4-13(12)16-10-11-5-6-11/h1-4,11H,5-10,15H2. The Morgan fingerprint density at radius 3 is 2.69 bits per heavy atom. The van der Waals surface area contributed by atoms with E-state index in [-0.39, 0.29) is 5.54 Å². The molecule has 0 aliphatic heterocycles. The summed E-state index contributed by atoms with van der Waals surface area (Å²) in [7, 11) is 0. The summed E-state index contributed by atoms with van der Waals surface area (Å²) in [6.07, 6.45) is 5.95. The minimum Gasteiger partial charge on any atom is -0.493 e. The van der Waals surface area contributed by atoms with E-state index in [0.29, 0.717) is 0 Å². The fraction of sp³-hybridized carbons (Fsp3) is 0.571. The van der Waals surface area contributed by atoms with Gasteiger partial charge in [0.25, 0.3) is 0 Å². The second-order valence-corrected chi connectivity index (χ2v) is 5.40. The molecule has 1 aromatic rings. The van der Waals surface area contributed by atoms with Crippen molar-refractivity contribution in [1.82, 2.24) is 0 Å². The van der Waals surface area contributed by atoms with Crippen molar-refractivity contribution in [2.75, 3.05) is 6.61 Å². The Morgan fingerprint density at radius 1 is 1.25 bits per heavy atom. The van der Waals surface area contributed by atoms with E-state index >= 15 is 0 Å². The second kappa shape index (κ2) is 3.77. The number of benzene rings is 1. The Hall–Kier alpha value is -1.02. The van der Waals surface area contributed by atoms with Gasteiger partial charge in [-0.1, -0.05) is 18.2 Å². The summed E-state index contributed by atoms with van der Waals surface area (Å²) in [4.78, 5) is 0. The van der Waals surface area contributed by atoms with Crippen LogP contribution in [0.1, 0.15) is 31.2 Å². The van der Waals surface area contributed by atoms with Gasteiger partial charge < -0.3 is 10.5 Å². The fourth-order valence-corrected chi connectivity index (χ4v) is 2.00. The smallest absolute Gasteiger partial charge is 0.122 e. The topological polar surface area (TPSA) is 35.2 Å². The van der Waals surface area contributed by atoms with Crippen molar-refractivity contribution in [3.8, 4) is 5.75 Å². The van der Waals surface area contributed by atoms with Crippen molar-refractivity contribution in [3.05, 3.63) is 29.8 Å². The average Bonchev–Trinajstić information content (AvgIpc) is 3.16. The minimum atomic E-state index is 0.0685. The first-order chi connectivity index (χ1) is 7.75. The molecule has 2 aliphatic carbocycles. The molecule has 2 N–H and O–H groups in total. The maximum absolute atomic E-state index is 6.16. The zero-order chi connectivity index (χ0) is 11.0. The predicted octanol–water partition coefficient (Wildman–Crippen LogP) is 2.51. The van der Waals surface area contributed by atoms with E-state index in [9.17, 15) is 0 Å². The minimum absolute atomic E-state index is 0.0685. The maximum atomic E-state index is 6.16. The van der Waals surface area contributed by atoms with Crippen LogP contribution in [0.5, 0.6) is 5.75 Å². The Kier molecular flexibility index (Phi) is 2.40. The number of para-hydroxylation sites is 1. The van der Waals surface area contributed by atoms with Gasteiger partial charge in [-0.05, 0) is 49.7 Å². The van der Waals surface area contributed by atoms with E-state index in [4.69, 9.17) is 10.5 Å². The summed E-state index contributed by atoms with van der Waals surface area (Å²) in [6.45, 7) is 0.884. The van der Waals surface area contributed by atoms with Gasteiger partial charge in [-0.25, -0.2) is 0 Å². The van der Waals surface area contributed by atoms with E-state index in [1.54, 1.807) is 0 Å². The molecule has 3 rings (SSSR count). The SMILES string of the molecule is NC1(Cc2ccccc2OCC2CC2)CC1. The zero-order valence-corrected chi connectivity index (χ0v) is 9.61. The van der Waals surface area contributed by atoms with Gasteiger partial charge in [0.15, 0.2) is 0 Å². The Bertz CT molecular complexity index is 380. The van der Waals surface area contributed by atoms with Crippen molar-refractivity contribution in [2.45, 2.75) is 37.6 Å². The Balaban J connectivity index is 1.69. The molecule has 0 aromatic heterocycles. The number of ether oxygens (including phenoxy) is 1. The number of hydrogen-bond donors (Lipinski definition) is 1. The third-order valence-corrected chi connectivity index (χ3v) is 3.58. The van der Waals surface area contributed by atoms with Crippen LogP contribution in [0.3, 0.4) is 0 Å². The lowest BCUT2D eigenvalue weighted by atomic mass is 10.0. The second-order valence-electron chi connectivity index (χ2n) is 5.40. The van der Waals surface area contributed by atoms with Crippen molar-refractivity contribution >= 4 is 0 Å². The highest BCUT2D eigenvalue weighted by Crippen LogP contribution is 2.38. The summed E-state index contributed by atoms with van der Waals surface area (Å²) in [5.41, 5.74) is 7.51. The molecule has 0 unspecified atom stereocenters. The van der Waals surface area contributed by atoms with Gasteiger partial charge >= 0.3 is 0 Å². The van der Waals surface area contributed by atoms with E-state index in [1.165, 1.54) is 18.4 Å². The highest BCUT2D eigenvalue weighted by Gasteiger charge is 2.38. The van der Waals surface area contributed by atoms with Crippen LogP contribution in [0.25, 0.3) is 0 Å². The van der Waals surface area contributed by atoms with Crippen LogP contribution < -0.4 is 10.5 Å². The van der Waals surface area contributed by atoms with E-state index in [1.807, 2.05) is 6.07 Å². The maximum Gasteiger partial charge on any atom is 0.122 e. The van der Waals surface area contributed by atoms with Crippen LogP contribution in [0.4, 0.5) is 0 Å². The molecular formula is C14H19NO. The summed E-state index contributed by atoms with van der Waals surface area (Å²) in [5, 5.41) is 0. The lowest BCUT2D eigenvalue weighted by Crippen LogP contribution is -2.24. The molecule has 0 atom stereocenters.